The molecule has 10 nitrogen and oxygen atoms in total. The van der Waals surface area contributed by atoms with E-state index in [9.17, 15) is 9.59 Å². The second kappa shape index (κ2) is 12.0. The van der Waals surface area contributed by atoms with E-state index >= 15 is 0 Å². The number of aryl methyl sites for hydroxylation is 2. The van der Waals surface area contributed by atoms with Crippen LogP contribution in [-0.2, 0) is 22.3 Å². The average Bonchev–Trinajstić information content (AvgIpc) is 3.66. The van der Waals surface area contributed by atoms with Crippen LogP contribution in [0.2, 0.25) is 0 Å². The molecule has 0 aliphatic carbocycles. The highest BCUT2D eigenvalue weighted by molar-refractivity contribution is 6.02. The van der Waals surface area contributed by atoms with Gasteiger partial charge < -0.3 is 39.4 Å². The standard InChI is InChI=1S/C32H42N4O6/c1-39-27-17-21-23(33-29(41-3)25-11-7-13-35(25)31(21)37)15-19(27)9-5-6-10-20-16-24-22(18-28(20)40-2)32(38)36-14-8-12-26(36)30(34-24)42-4/h15-18,25-26,29-30,33-34H,5-14H2,1-4H3/t25-,26-,29-,30+/m0/s1. The van der Waals surface area contributed by atoms with Gasteiger partial charge in [0.1, 0.15) is 24.0 Å². The maximum atomic E-state index is 13.4. The van der Waals surface area contributed by atoms with Crippen molar-refractivity contribution in [2.75, 3.05) is 52.2 Å². The van der Waals surface area contributed by atoms with E-state index in [0.29, 0.717) is 11.1 Å². The second-order valence-electron chi connectivity index (χ2n) is 11.6. The van der Waals surface area contributed by atoms with Gasteiger partial charge in [0.2, 0.25) is 0 Å². The zero-order chi connectivity index (χ0) is 29.4. The lowest BCUT2D eigenvalue weighted by Gasteiger charge is -2.28. The van der Waals surface area contributed by atoms with Crippen LogP contribution in [0.15, 0.2) is 24.3 Å². The lowest BCUT2D eigenvalue weighted by atomic mass is 9.98. The zero-order valence-electron chi connectivity index (χ0n) is 25.0. The number of hydrogen-bond donors (Lipinski definition) is 2. The van der Waals surface area contributed by atoms with Crippen molar-refractivity contribution in [1.29, 1.82) is 0 Å². The van der Waals surface area contributed by atoms with Crippen molar-refractivity contribution in [3.8, 4) is 11.5 Å². The number of unbranched alkanes of at least 4 members (excludes halogenated alkanes) is 1. The van der Waals surface area contributed by atoms with Crippen LogP contribution in [0.1, 0.15) is 70.4 Å². The molecular formula is C32H42N4O6. The first-order chi connectivity index (χ1) is 20.5. The number of anilines is 2. The molecule has 4 atom stereocenters. The Bertz CT molecular complexity index is 1250. The third-order valence-electron chi connectivity index (χ3n) is 9.37. The van der Waals surface area contributed by atoms with Crippen LogP contribution in [0.3, 0.4) is 0 Å². The van der Waals surface area contributed by atoms with Crippen LogP contribution in [0.4, 0.5) is 11.4 Å². The molecule has 42 heavy (non-hydrogen) atoms. The van der Waals surface area contributed by atoms with Gasteiger partial charge in [-0.25, -0.2) is 0 Å². The quantitative estimate of drug-likeness (QED) is 0.426. The van der Waals surface area contributed by atoms with E-state index in [4.69, 9.17) is 18.9 Å². The summed E-state index contributed by atoms with van der Waals surface area (Å²) in [4.78, 5) is 30.7. The second-order valence-corrected chi connectivity index (χ2v) is 11.6. The molecule has 0 radical (unpaired) electrons. The van der Waals surface area contributed by atoms with E-state index in [-0.39, 0.29) is 36.4 Å². The van der Waals surface area contributed by atoms with E-state index < -0.39 is 0 Å². The maximum absolute atomic E-state index is 13.4. The minimum atomic E-state index is -0.241. The largest absolute Gasteiger partial charge is 0.496 e. The van der Waals surface area contributed by atoms with Crippen LogP contribution in [0.5, 0.6) is 11.5 Å². The van der Waals surface area contributed by atoms with Gasteiger partial charge in [-0.05, 0) is 86.8 Å². The van der Waals surface area contributed by atoms with Crippen LogP contribution < -0.4 is 20.1 Å². The van der Waals surface area contributed by atoms with Crippen molar-refractivity contribution in [3.63, 3.8) is 0 Å². The highest BCUT2D eigenvalue weighted by Gasteiger charge is 2.41. The van der Waals surface area contributed by atoms with Crippen molar-refractivity contribution in [1.82, 2.24) is 9.80 Å². The number of methoxy groups -OCH3 is 4. The summed E-state index contributed by atoms with van der Waals surface area (Å²) in [7, 11) is 6.69. The molecule has 0 unspecified atom stereocenters. The van der Waals surface area contributed by atoms with E-state index in [2.05, 4.69) is 22.8 Å². The van der Waals surface area contributed by atoms with E-state index in [1.54, 1.807) is 28.4 Å². The van der Waals surface area contributed by atoms with Gasteiger partial charge in [0.05, 0.1) is 37.4 Å². The number of rotatable bonds is 9. The third kappa shape index (κ3) is 5.04. The molecule has 4 aliphatic rings. The van der Waals surface area contributed by atoms with Crippen LogP contribution in [0, 0.1) is 0 Å². The molecule has 0 saturated carbocycles. The average molecular weight is 579 g/mol. The Morgan fingerprint density at radius 1 is 0.690 bits per heavy atom. The topological polar surface area (TPSA) is 102 Å². The predicted molar refractivity (Wildman–Crippen MR) is 160 cm³/mol. The van der Waals surface area contributed by atoms with Crippen molar-refractivity contribution in [2.24, 2.45) is 0 Å². The summed E-state index contributed by atoms with van der Waals surface area (Å²) in [5.41, 5.74) is 4.97. The lowest BCUT2D eigenvalue weighted by Crippen LogP contribution is -2.44. The molecule has 0 aromatic heterocycles. The molecule has 0 bridgehead atoms. The van der Waals surface area contributed by atoms with Gasteiger partial charge in [-0.2, -0.15) is 0 Å². The number of nitrogens with zero attached hydrogens (tertiary/aromatic N) is 2. The summed E-state index contributed by atoms with van der Waals surface area (Å²) in [5.74, 6) is 1.52. The van der Waals surface area contributed by atoms with Crippen molar-refractivity contribution in [2.45, 2.75) is 75.9 Å². The molecule has 6 rings (SSSR count). The van der Waals surface area contributed by atoms with Gasteiger partial charge in [0.15, 0.2) is 0 Å². The minimum absolute atomic E-state index is 0.0287. The Morgan fingerprint density at radius 2 is 1.12 bits per heavy atom. The molecule has 2 N–H and O–H groups in total. The number of amides is 2. The van der Waals surface area contributed by atoms with E-state index in [0.717, 1.165) is 98.5 Å². The SMILES string of the molecule is COc1cc2c(cc1CCCCc1cc3c(cc1OC)C(=O)N1CCC[C@H]1[C@H](OC)N3)N[C@H](OC)[C@@H]1CCCN1C2=O. The Labute approximate surface area is 247 Å². The fraction of sp³-hybridized carbons (Fsp3) is 0.562. The van der Waals surface area contributed by atoms with Crippen LogP contribution in [-0.4, -0.2) is 87.7 Å². The fourth-order valence-corrected chi connectivity index (χ4v) is 7.20. The number of fused-ring (bicyclic) bond motifs is 4. The first kappa shape index (κ1) is 28.6. The lowest BCUT2D eigenvalue weighted by molar-refractivity contribution is 0.0418. The van der Waals surface area contributed by atoms with Crippen molar-refractivity contribution >= 4 is 23.2 Å². The third-order valence-corrected chi connectivity index (χ3v) is 9.37. The predicted octanol–water partition coefficient (Wildman–Crippen LogP) is 4.27. The summed E-state index contributed by atoms with van der Waals surface area (Å²) in [6.45, 7) is 1.49. The van der Waals surface area contributed by atoms with Gasteiger partial charge in [0.25, 0.3) is 11.8 Å². The molecule has 0 spiro atoms. The molecule has 2 saturated heterocycles. The molecule has 4 aliphatic heterocycles. The maximum Gasteiger partial charge on any atom is 0.256 e. The Morgan fingerprint density at radius 3 is 1.50 bits per heavy atom. The van der Waals surface area contributed by atoms with Gasteiger partial charge >= 0.3 is 0 Å². The first-order valence-electron chi connectivity index (χ1n) is 15.1. The van der Waals surface area contributed by atoms with Gasteiger partial charge in [-0.1, -0.05) is 0 Å². The number of carbonyl (C=O) groups excluding carboxylic acids is 2. The first-order valence-corrected chi connectivity index (χ1v) is 15.1. The minimum Gasteiger partial charge on any atom is -0.496 e. The molecule has 2 amide bonds. The number of carbonyl (C=O) groups is 2. The number of hydrogen-bond acceptors (Lipinski definition) is 8. The number of nitrogens with one attached hydrogen (secondary N) is 2. The zero-order valence-corrected chi connectivity index (χ0v) is 25.0. The normalized spacial score (nSPS) is 24.6. The molecule has 2 fully saturated rings. The Hall–Kier alpha value is -3.50. The fourth-order valence-electron chi connectivity index (χ4n) is 7.20. The summed E-state index contributed by atoms with van der Waals surface area (Å²) >= 11 is 0. The highest BCUT2D eigenvalue weighted by atomic mass is 16.5. The van der Waals surface area contributed by atoms with Crippen LogP contribution in [0.25, 0.3) is 0 Å². The summed E-state index contributed by atoms with van der Waals surface area (Å²) in [5, 5.41) is 6.98. The molecule has 2 aromatic carbocycles. The van der Waals surface area contributed by atoms with Gasteiger partial charge in [-0.15, -0.1) is 0 Å². The molecule has 10 heteroatoms. The number of ether oxygens (including phenoxy) is 4. The Kier molecular flexibility index (Phi) is 8.18. The van der Waals surface area contributed by atoms with E-state index in [1.165, 1.54) is 0 Å². The summed E-state index contributed by atoms with van der Waals surface area (Å²) in [6, 6.07) is 7.92. The highest BCUT2D eigenvalue weighted by Crippen LogP contribution is 2.38. The van der Waals surface area contributed by atoms with Gasteiger partial charge in [-0.3, -0.25) is 9.59 Å². The van der Waals surface area contributed by atoms with E-state index in [1.807, 2.05) is 21.9 Å². The Balaban J connectivity index is 1.18. The monoisotopic (exact) mass is 578 g/mol. The molecular weight excluding hydrogens is 536 g/mol. The van der Waals surface area contributed by atoms with Crippen LogP contribution >= 0.6 is 0 Å². The number of benzene rings is 2. The summed E-state index contributed by atoms with van der Waals surface area (Å²) < 4.78 is 23.0. The molecule has 226 valence electrons. The van der Waals surface area contributed by atoms with Gasteiger partial charge in [0, 0.05) is 38.7 Å². The van der Waals surface area contributed by atoms with Crippen molar-refractivity contribution in [3.05, 3.63) is 46.5 Å². The molecule has 4 heterocycles. The smallest absolute Gasteiger partial charge is 0.256 e. The summed E-state index contributed by atoms with van der Waals surface area (Å²) in [6.07, 6.45) is 6.75. The van der Waals surface area contributed by atoms with Crippen molar-refractivity contribution < 1.29 is 28.5 Å². The molecule has 2 aromatic rings.